The van der Waals surface area contributed by atoms with Crippen LogP contribution in [-0.2, 0) is 16.6 Å². The van der Waals surface area contributed by atoms with Crippen molar-refractivity contribution in [3.8, 4) is 0 Å². The summed E-state index contributed by atoms with van der Waals surface area (Å²) in [4.78, 5) is 12.4. The second-order valence-electron chi connectivity index (χ2n) is 6.40. The quantitative estimate of drug-likeness (QED) is 0.814. The summed E-state index contributed by atoms with van der Waals surface area (Å²) in [5, 5.41) is 2.61. The van der Waals surface area contributed by atoms with Crippen LogP contribution in [0.2, 0.25) is 0 Å². The highest BCUT2D eigenvalue weighted by molar-refractivity contribution is 7.89. The summed E-state index contributed by atoms with van der Waals surface area (Å²) in [6.45, 7) is 0.0306. The van der Waals surface area contributed by atoms with Gasteiger partial charge in [-0.05, 0) is 37.1 Å². The van der Waals surface area contributed by atoms with E-state index in [9.17, 15) is 17.6 Å². The summed E-state index contributed by atoms with van der Waals surface area (Å²) in [5.74, 6) is -0.851. The molecule has 7 heteroatoms. The summed E-state index contributed by atoms with van der Waals surface area (Å²) in [6, 6.07) is 12.0. The Labute approximate surface area is 152 Å². The smallest absolute Gasteiger partial charge is 0.251 e. The number of halogens is 1. The lowest BCUT2D eigenvalue weighted by Gasteiger charge is -2.13. The van der Waals surface area contributed by atoms with Crippen LogP contribution < -0.4 is 10.0 Å². The minimum Gasteiger partial charge on any atom is -0.348 e. The highest BCUT2D eigenvalue weighted by Crippen LogP contribution is 2.21. The molecular weight excluding hydrogens is 355 g/mol. The van der Waals surface area contributed by atoms with Gasteiger partial charge in [0.15, 0.2) is 0 Å². The average molecular weight is 376 g/mol. The monoisotopic (exact) mass is 376 g/mol. The summed E-state index contributed by atoms with van der Waals surface area (Å²) >= 11 is 0. The van der Waals surface area contributed by atoms with Gasteiger partial charge in [0, 0.05) is 23.7 Å². The fourth-order valence-corrected chi connectivity index (χ4v) is 4.41. The van der Waals surface area contributed by atoms with Crippen LogP contribution in [-0.4, -0.2) is 20.4 Å². The maximum Gasteiger partial charge on any atom is 0.251 e. The summed E-state index contributed by atoms with van der Waals surface area (Å²) in [7, 11) is -3.66. The third-order valence-electron chi connectivity index (χ3n) is 4.48. The molecule has 5 nitrogen and oxygen atoms in total. The number of sulfonamides is 1. The van der Waals surface area contributed by atoms with E-state index in [1.165, 1.54) is 30.3 Å². The molecule has 0 aromatic heterocycles. The van der Waals surface area contributed by atoms with Crippen molar-refractivity contribution in [1.29, 1.82) is 0 Å². The third kappa shape index (κ3) is 4.47. The number of amides is 1. The lowest BCUT2D eigenvalue weighted by Crippen LogP contribution is -2.32. The largest absolute Gasteiger partial charge is 0.348 e. The average Bonchev–Trinajstić information content (AvgIpc) is 3.13. The van der Waals surface area contributed by atoms with Crippen LogP contribution in [0.5, 0.6) is 0 Å². The topological polar surface area (TPSA) is 75.3 Å². The molecule has 0 spiro atoms. The maximum atomic E-state index is 13.6. The van der Waals surface area contributed by atoms with Gasteiger partial charge in [0.25, 0.3) is 5.91 Å². The van der Waals surface area contributed by atoms with E-state index in [0.717, 1.165) is 25.7 Å². The van der Waals surface area contributed by atoms with E-state index in [1.807, 2.05) is 0 Å². The predicted molar refractivity (Wildman–Crippen MR) is 96.6 cm³/mol. The van der Waals surface area contributed by atoms with Crippen molar-refractivity contribution in [2.24, 2.45) is 0 Å². The van der Waals surface area contributed by atoms with Crippen LogP contribution in [0.4, 0.5) is 4.39 Å². The minimum atomic E-state index is -3.66. The van der Waals surface area contributed by atoms with Gasteiger partial charge in [-0.2, -0.15) is 0 Å². The second kappa shape index (κ2) is 7.97. The lowest BCUT2D eigenvalue weighted by atomic mass is 10.2. The molecule has 0 heterocycles. The zero-order valence-electron chi connectivity index (χ0n) is 14.2. The minimum absolute atomic E-state index is 0.0306. The number of nitrogens with one attached hydrogen (secondary N) is 2. The van der Waals surface area contributed by atoms with Crippen molar-refractivity contribution in [1.82, 2.24) is 10.0 Å². The van der Waals surface area contributed by atoms with Crippen molar-refractivity contribution < 1.29 is 17.6 Å². The Bertz CT molecular complexity index is 893. The van der Waals surface area contributed by atoms with Crippen molar-refractivity contribution in [2.75, 3.05) is 0 Å². The van der Waals surface area contributed by atoms with Gasteiger partial charge in [0.1, 0.15) is 5.82 Å². The van der Waals surface area contributed by atoms with Crippen molar-refractivity contribution in [3.05, 3.63) is 65.5 Å². The zero-order chi connectivity index (χ0) is 18.6. The van der Waals surface area contributed by atoms with Gasteiger partial charge in [-0.1, -0.05) is 37.1 Å². The van der Waals surface area contributed by atoms with Gasteiger partial charge in [-0.3, -0.25) is 4.79 Å². The summed E-state index contributed by atoms with van der Waals surface area (Å²) < 4.78 is 41.3. The maximum absolute atomic E-state index is 13.6. The van der Waals surface area contributed by atoms with Gasteiger partial charge < -0.3 is 5.32 Å². The van der Waals surface area contributed by atoms with Crippen LogP contribution in [0.15, 0.2) is 53.4 Å². The van der Waals surface area contributed by atoms with Crippen molar-refractivity contribution in [2.45, 2.75) is 43.2 Å². The zero-order valence-corrected chi connectivity index (χ0v) is 15.1. The lowest BCUT2D eigenvalue weighted by molar-refractivity contribution is 0.0950. The van der Waals surface area contributed by atoms with Gasteiger partial charge in [0.05, 0.1) is 4.90 Å². The molecular formula is C19H21FN2O3S. The Kier molecular flexibility index (Phi) is 5.68. The molecule has 138 valence electrons. The van der Waals surface area contributed by atoms with E-state index in [0.29, 0.717) is 5.56 Å². The summed E-state index contributed by atoms with van der Waals surface area (Å²) in [6.07, 6.45) is 3.71. The molecule has 0 bridgehead atoms. The number of benzene rings is 2. The SMILES string of the molecule is O=C(NCc1ccccc1F)c1cccc(S(=O)(=O)NC2CCCC2)c1. The Balaban J connectivity index is 1.70. The van der Waals surface area contributed by atoms with E-state index in [1.54, 1.807) is 18.2 Å². The Hall–Kier alpha value is -2.25. The van der Waals surface area contributed by atoms with Crippen LogP contribution in [0.3, 0.4) is 0 Å². The van der Waals surface area contributed by atoms with E-state index in [-0.39, 0.29) is 23.0 Å². The first-order valence-electron chi connectivity index (χ1n) is 8.60. The molecule has 2 aromatic rings. The number of hydrogen-bond donors (Lipinski definition) is 2. The number of carbonyl (C=O) groups is 1. The molecule has 1 saturated carbocycles. The van der Waals surface area contributed by atoms with Crippen LogP contribution in [0.25, 0.3) is 0 Å². The van der Waals surface area contributed by atoms with E-state index in [4.69, 9.17) is 0 Å². The molecule has 3 rings (SSSR count). The van der Waals surface area contributed by atoms with Gasteiger partial charge >= 0.3 is 0 Å². The van der Waals surface area contributed by atoms with E-state index >= 15 is 0 Å². The van der Waals surface area contributed by atoms with Crippen molar-refractivity contribution >= 4 is 15.9 Å². The fourth-order valence-electron chi connectivity index (χ4n) is 3.05. The van der Waals surface area contributed by atoms with Crippen molar-refractivity contribution in [3.63, 3.8) is 0 Å². The van der Waals surface area contributed by atoms with Crippen LogP contribution >= 0.6 is 0 Å². The molecule has 1 fully saturated rings. The van der Waals surface area contributed by atoms with E-state index in [2.05, 4.69) is 10.0 Å². The molecule has 0 radical (unpaired) electrons. The third-order valence-corrected chi connectivity index (χ3v) is 6.00. The molecule has 0 atom stereocenters. The Morgan fingerprint density at radius 2 is 1.81 bits per heavy atom. The normalized spacial score (nSPS) is 15.1. The second-order valence-corrected chi connectivity index (χ2v) is 8.12. The fraction of sp³-hybridized carbons (Fsp3) is 0.316. The highest BCUT2D eigenvalue weighted by Gasteiger charge is 2.23. The Morgan fingerprint density at radius 3 is 2.54 bits per heavy atom. The van der Waals surface area contributed by atoms with Crippen LogP contribution in [0.1, 0.15) is 41.6 Å². The van der Waals surface area contributed by atoms with Gasteiger partial charge in [-0.25, -0.2) is 17.5 Å². The van der Waals surface area contributed by atoms with Gasteiger partial charge in [-0.15, -0.1) is 0 Å². The number of rotatable bonds is 6. The first-order valence-corrected chi connectivity index (χ1v) is 10.1. The standard InChI is InChI=1S/C19H21FN2O3S/c20-18-11-4-1-6-15(18)13-21-19(23)14-7-5-10-17(12-14)26(24,25)22-16-8-2-3-9-16/h1,4-7,10-12,16,22H,2-3,8-9,13H2,(H,21,23). The number of hydrogen-bond acceptors (Lipinski definition) is 3. The first-order chi connectivity index (χ1) is 12.5. The molecule has 2 aromatic carbocycles. The molecule has 1 aliphatic rings. The molecule has 0 unspecified atom stereocenters. The summed E-state index contributed by atoms with van der Waals surface area (Å²) in [5.41, 5.74) is 0.586. The van der Waals surface area contributed by atoms with Gasteiger partial charge in [0.2, 0.25) is 10.0 Å². The Morgan fingerprint density at radius 1 is 1.08 bits per heavy atom. The van der Waals surface area contributed by atoms with E-state index < -0.39 is 21.7 Å². The molecule has 1 aliphatic carbocycles. The molecule has 26 heavy (non-hydrogen) atoms. The molecule has 2 N–H and O–H groups in total. The molecule has 0 aliphatic heterocycles. The molecule has 0 saturated heterocycles. The first kappa shape index (κ1) is 18.5. The molecule has 1 amide bonds. The number of carbonyl (C=O) groups excluding carboxylic acids is 1. The van der Waals surface area contributed by atoms with Crippen LogP contribution in [0, 0.1) is 5.82 Å². The predicted octanol–water partition coefficient (Wildman–Crippen LogP) is 2.98. The highest BCUT2D eigenvalue weighted by atomic mass is 32.2.